The minimum absolute atomic E-state index is 0.0350. The summed E-state index contributed by atoms with van der Waals surface area (Å²) in [6.45, 7) is 11.9. The molecule has 0 radical (unpaired) electrons. The molecule has 1 aromatic carbocycles. The number of anilines is 1. The number of oxime groups is 1. The largest absolute Gasteiger partial charge is 0.412 e. The average molecular weight is 525 g/mol. The van der Waals surface area contributed by atoms with Crippen LogP contribution in [0.15, 0.2) is 35.7 Å². The van der Waals surface area contributed by atoms with Crippen molar-refractivity contribution in [3.8, 4) is 11.1 Å². The molecule has 2 aromatic rings. The Kier molecular flexibility index (Phi) is 8.30. The molecule has 0 atom stereocenters. The zero-order valence-corrected chi connectivity index (χ0v) is 22.9. The third kappa shape index (κ3) is 7.29. The average Bonchev–Trinajstić information content (AvgIpc) is 2.73. The van der Waals surface area contributed by atoms with Crippen molar-refractivity contribution < 1.29 is 26.3 Å². The summed E-state index contributed by atoms with van der Waals surface area (Å²) < 4.78 is 47.8. The molecule has 1 aliphatic rings. The van der Waals surface area contributed by atoms with Crippen molar-refractivity contribution in [3.05, 3.63) is 42.0 Å². The quantitative estimate of drug-likeness (QED) is 0.199. The Morgan fingerprint density at radius 2 is 1.80 bits per heavy atom. The van der Waals surface area contributed by atoms with Crippen LogP contribution < -0.4 is 4.90 Å². The molecule has 192 valence electrons. The second-order valence-corrected chi connectivity index (χ2v) is 16.4. The maximum Gasteiger partial charge on any atom is 0.264 e. The number of benzene rings is 1. The highest BCUT2D eigenvalue weighted by Gasteiger charge is 2.37. The molecule has 1 aliphatic heterocycles. The molecule has 0 aliphatic carbocycles. The third-order valence-electron chi connectivity index (χ3n) is 6.12. The highest BCUT2D eigenvalue weighted by atomic mass is 32.2. The molecule has 1 aromatic heterocycles. The first-order valence-corrected chi connectivity index (χ1v) is 16.0. The van der Waals surface area contributed by atoms with Gasteiger partial charge in [0, 0.05) is 29.1 Å². The molecule has 1 saturated heterocycles. The summed E-state index contributed by atoms with van der Waals surface area (Å²) in [6, 6.07) is 5.27. The lowest BCUT2D eigenvalue weighted by atomic mass is 10.1. The van der Waals surface area contributed by atoms with E-state index in [0.29, 0.717) is 35.7 Å². The fourth-order valence-electron chi connectivity index (χ4n) is 2.97. The zero-order chi connectivity index (χ0) is 25.9. The Bertz CT molecular complexity index is 1160. The molecule has 2 heterocycles. The van der Waals surface area contributed by atoms with Gasteiger partial charge in [-0.3, -0.25) is 4.18 Å². The third-order valence-corrected chi connectivity index (χ3v) is 11.2. The van der Waals surface area contributed by atoms with Crippen LogP contribution >= 0.6 is 0 Å². The van der Waals surface area contributed by atoms with Crippen LogP contribution in [0.5, 0.6) is 0 Å². The molecule has 0 saturated carbocycles. The van der Waals surface area contributed by atoms with Gasteiger partial charge in [0.2, 0.25) is 5.95 Å². The summed E-state index contributed by atoms with van der Waals surface area (Å²) in [5.74, 6) is 0.184. The number of nitrogens with zero attached hydrogens (tertiary/aromatic N) is 4. The van der Waals surface area contributed by atoms with E-state index in [1.54, 1.807) is 24.5 Å². The number of hydrogen-bond donors (Lipinski definition) is 0. The van der Waals surface area contributed by atoms with Gasteiger partial charge in [0.15, 0.2) is 8.32 Å². The zero-order valence-electron chi connectivity index (χ0n) is 21.0. The lowest BCUT2D eigenvalue weighted by Gasteiger charge is -2.36. The van der Waals surface area contributed by atoms with Crippen LogP contribution in [0.25, 0.3) is 11.1 Å². The van der Waals surface area contributed by atoms with Gasteiger partial charge in [-0.05, 0) is 18.1 Å². The molecule has 0 N–H and O–H groups in total. The van der Waals surface area contributed by atoms with Crippen LogP contribution in [0.1, 0.15) is 26.3 Å². The Balaban J connectivity index is 1.57. The molecule has 3 rings (SSSR count). The summed E-state index contributed by atoms with van der Waals surface area (Å²) in [5.41, 5.74) is 2.31. The van der Waals surface area contributed by atoms with Gasteiger partial charge in [-0.15, -0.1) is 0 Å². The molecule has 12 heteroatoms. The molecule has 0 bridgehead atoms. The van der Waals surface area contributed by atoms with E-state index in [2.05, 4.69) is 53.2 Å². The topological polar surface area (TPSA) is 103 Å². The highest BCUT2D eigenvalue weighted by Crippen LogP contribution is 2.37. The van der Waals surface area contributed by atoms with Gasteiger partial charge in [-0.25, -0.2) is 14.4 Å². The van der Waals surface area contributed by atoms with Crippen molar-refractivity contribution in [1.82, 2.24) is 9.97 Å². The van der Waals surface area contributed by atoms with Crippen molar-refractivity contribution in [3.63, 3.8) is 0 Å². The van der Waals surface area contributed by atoms with Crippen molar-refractivity contribution in [2.24, 2.45) is 5.16 Å². The summed E-state index contributed by atoms with van der Waals surface area (Å²) in [5, 5.41) is 3.99. The van der Waals surface area contributed by atoms with E-state index in [1.807, 2.05) is 11.0 Å². The number of hydrogen-bond acceptors (Lipinski definition) is 9. The monoisotopic (exact) mass is 524 g/mol. The summed E-state index contributed by atoms with van der Waals surface area (Å²) in [6.07, 6.45) is 4.18. The van der Waals surface area contributed by atoms with E-state index < -0.39 is 18.4 Å². The summed E-state index contributed by atoms with van der Waals surface area (Å²) >= 11 is 0. The van der Waals surface area contributed by atoms with Crippen LogP contribution in [0.4, 0.5) is 10.3 Å². The lowest BCUT2D eigenvalue weighted by molar-refractivity contribution is 0.108. The molecule has 1 fully saturated rings. The van der Waals surface area contributed by atoms with Gasteiger partial charge in [0.1, 0.15) is 19.0 Å². The number of halogens is 1. The van der Waals surface area contributed by atoms with Crippen molar-refractivity contribution in [2.75, 3.05) is 37.5 Å². The van der Waals surface area contributed by atoms with Crippen LogP contribution in [0.3, 0.4) is 0 Å². The minimum Gasteiger partial charge on any atom is -0.412 e. The Hall–Kier alpha value is -2.41. The molecule has 35 heavy (non-hydrogen) atoms. The first-order chi connectivity index (χ1) is 16.3. The van der Waals surface area contributed by atoms with E-state index in [4.69, 9.17) is 9.26 Å². The first kappa shape index (κ1) is 27.2. The fourth-order valence-corrected chi connectivity index (χ4v) is 4.29. The summed E-state index contributed by atoms with van der Waals surface area (Å²) in [7, 11) is -5.48. The molecule has 9 nitrogen and oxygen atoms in total. The second-order valence-electron chi connectivity index (χ2n) is 9.97. The molecular weight excluding hydrogens is 491 g/mol. The lowest BCUT2D eigenvalue weighted by Crippen LogP contribution is -2.48. The predicted molar refractivity (Wildman–Crippen MR) is 136 cm³/mol. The molecule has 0 amide bonds. The predicted octanol–water partition coefficient (Wildman–Crippen LogP) is 3.97. The van der Waals surface area contributed by atoms with Gasteiger partial charge in [-0.2, -0.15) is 8.42 Å². The Morgan fingerprint density at radius 1 is 1.14 bits per heavy atom. The van der Waals surface area contributed by atoms with E-state index in [-0.39, 0.29) is 30.7 Å². The smallest absolute Gasteiger partial charge is 0.264 e. The minimum atomic E-state index is -3.49. The molecular formula is C23H33FN4O5SSi. The van der Waals surface area contributed by atoms with Crippen LogP contribution in [-0.2, 0) is 30.2 Å². The molecule has 0 unspecified atom stereocenters. The van der Waals surface area contributed by atoms with Crippen molar-refractivity contribution >= 4 is 30.1 Å². The fraction of sp³-hybridized carbons (Fsp3) is 0.522. The van der Waals surface area contributed by atoms with Crippen LogP contribution in [-0.4, -0.2) is 65.0 Å². The SMILES string of the molecule is CC(C)(C)[Si](C)(C)OCc1cccc(-c2cnc(N3CC(=NOCCOS(C)(=O)=O)C3)nc2)c1F. The first-order valence-electron chi connectivity index (χ1n) is 11.3. The number of aromatic nitrogens is 2. The van der Waals surface area contributed by atoms with E-state index in [9.17, 15) is 8.42 Å². The van der Waals surface area contributed by atoms with E-state index in [0.717, 1.165) is 12.0 Å². The van der Waals surface area contributed by atoms with Gasteiger partial charge < -0.3 is 14.2 Å². The van der Waals surface area contributed by atoms with Crippen molar-refractivity contribution in [2.45, 2.75) is 45.5 Å². The Morgan fingerprint density at radius 3 is 2.40 bits per heavy atom. The standard InChI is InChI=1S/C23H33FN4O5SSi/c1-23(2,3)35(5,6)33-16-17-8-7-9-20(21(17)24)18-12-25-22(26-13-18)28-14-19(15-28)27-31-10-11-32-34(4,29)30/h7-9,12-13H,10-11,14-16H2,1-6H3. The van der Waals surface area contributed by atoms with E-state index in [1.165, 1.54) is 0 Å². The van der Waals surface area contributed by atoms with Crippen molar-refractivity contribution in [1.29, 1.82) is 0 Å². The van der Waals surface area contributed by atoms with Gasteiger partial charge >= 0.3 is 0 Å². The van der Waals surface area contributed by atoms with Crippen LogP contribution in [0.2, 0.25) is 18.1 Å². The normalized spacial score (nSPS) is 14.6. The second kappa shape index (κ2) is 10.7. The number of rotatable bonds is 10. The van der Waals surface area contributed by atoms with Crippen LogP contribution in [0, 0.1) is 5.82 Å². The van der Waals surface area contributed by atoms with Gasteiger partial charge in [0.25, 0.3) is 10.1 Å². The van der Waals surface area contributed by atoms with Gasteiger partial charge in [0.05, 0.1) is 31.7 Å². The Labute approximate surface area is 207 Å². The van der Waals surface area contributed by atoms with E-state index >= 15 is 4.39 Å². The summed E-state index contributed by atoms with van der Waals surface area (Å²) in [4.78, 5) is 15.7. The maximum absolute atomic E-state index is 15.3. The maximum atomic E-state index is 15.3. The van der Waals surface area contributed by atoms with Gasteiger partial charge in [-0.1, -0.05) is 44.1 Å². The highest BCUT2D eigenvalue weighted by molar-refractivity contribution is 7.85. The molecule has 0 spiro atoms.